The highest BCUT2D eigenvalue weighted by Gasteiger charge is 2.36. The van der Waals surface area contributed by atoms with Gasteiger partial charge < -0.3 is 11.1 Å². The molecule has 82 valence electrons. The van der Waals surface area contributed by atoms with E-state index < -0.39 is 0 Å². The fourth-order valence-corrected chi connectivity index (χ4v) is 1.70. The first-order valence-electron chi connectivity index (χ1n) is 5.73. The van der Waals surface area contributed by atoms with Crippen LogP contribution in [0, 0.1) is 5.41 Å². The molecule has 2 heteroatoms. The van der Waals surface area contributed by atoms with E-state index >= 15 is 0 Å². The fourth-order valence-electron chi connectivity index (χ4n) is 1.70. The Labute approximate surface area is 91.9 Å². The highest BCUT2D eigenvalue weighted by atomic mass is 14.9. The zero-order valence-electron chi connectivity index (χ0n) is 9.42. The minimum atomic E-state index is 0.612. The SMILES string of the molecule is CC1(CNCCc2ccc(N)cc2)CC1. The number of hydrogen-bond donors (Lipinski definition) is 2. The predicted molar refractivity (Wildman–Crippen MR) is 64.8 cm³/mol. The number of nitrogens with two attached hydrogens (primary N) is 1. The highest BCUT2D eigenvalue weighted by molar-refractivity contribution is 5.39. The first-order chi connectivity index (χ1) is 7.18. The third-order valence-electron chi connectivity index (χ3n) is 3.23. The molecule has 2 rings (SSSR count). The van der Waals surface area contributed by atoms with E-state index in [2.05, 4.69) is 24.4 Å². The molecular weight excluding hydrogens is 184 g/mol. The first kappa shape index (κ1) is 10.5. The van der Waals surface area contributed by atoms with Crippen molar-refractivity contribution >= 4 is 5.69 Å². The molecule has 0 amide bonds. The summed E-state index contributed by atoms with van der Waals surface area (Å²) in [6.45, 7) is 4.59. The van der Waals surface area contributed by atoms with Crippen LogP contribution in [0.4, 0.5) is 5.69 Å². The van der Waals surface area contributed by atoms with Gasteiger partial charge >= 0.3 is 0 Å². The van der Waals surface area contributed by atoms with Gasteiger partial charge in [-0.15, -0.1) is 0 Å². The molecule has 1 aliphatic carbocycles. The normalized spacial score (nSPS) is 17.7. The average molecular weight is 204 g/mol. The number of benzene rings is 1. The molecule has 0 atom stereocenters. The van der Waals surface area contributed by atoms with Gasteiger partial charge in [-0.3, -0.25) is 0 Å². The zero-order chi connectivity index (χ0) is 10.7. The predicted octanol–water partition coefficient (Wildman–Crippen LogP) is 2.20. The molecule has 1 aromatic rings. The number of nitrogen functional groups attached to an aromatic ring is 1. The molecule has 0 bridgehead atoms. The van der Waals surface area contributed by atoms with E-state index in [-0.39, 0.29) is 0 Å². The summed E-state index contributed by atoms with van der Waals surface area (Å²) in [6.07, 6.45) is 3.88. The standard InChI is InChI=1S/C13H20N2/c1-13(7-8-13)10-15-9-6-11-2-4-12(14)5-3-11/h2-5,15H,6-10,14H2,1H3. The van der Waals surface area contributed by atoms with Crippen molar-refractivity contribution in [2.75, 3.05) is 18.8 Å². The summed E-state index contributed by atoms with van der Waals surface area (Å²) in [5.41, 5.74) is 8.45. The Bertz CT molecular complexity index is 312. The summed E-state index contributed by atoms with van der Waals surface area (Å²) in [7, 11) is 0. The Balaban J connectivity index is 1.67. The van der Waals surface area contributed by atoms with Crippen molar-refractivity contribution in [3.63, 3.8) is 0 Å². The summed E-state index contributed by atoms with van der Waals surface area (Å²) < 4.78 is 0. The minimum Gasteiger partial charge on any atom is -0.399 e. The lowest BCUT2D eigenvalue weighted by atomic mass is 10.1. The first-order valence-corrected chi connectivity index (χ1v) is 5.73. The summed E-state index contributed by atoms with van der Waals surface area (Å²) >= 11 is 0. The lowest BCUT2D eigenvalue weighted by Crippen LogP contribution is -2.24. The van der Waals surface area contributed by atoms with Gasteiger partial charge in [-0.25, -0.2) is 0 Å². The van der Waals surface area contributed by atoms with E-state index in [0.717, 1.165) is 18.7 Å². The Hall–Kier alpha value is -1.02. The second-order valence-corrected chi connectivity index (χ2v) is 4.98. The molecule has 0 spiro atoms. The molecule has 0 heterocycles. The minimum absolute atomic E-state index is 0.612. The van der Waals surface area contributed by atoms with Gasteiger partial charge in [0.1, 0.15) is 0 Å². The van der Waals surface area contributed by atoms with E-state index in [1.807, 2.05) is 12.1 Å². The van der Waals surface area contributed by atoms with Crippen LogP contribution in [0.2, 0.25) is 0 Å². The average Bonchev–Trinajstić information content (AvgIpc) is 2.95. The molecule has 3 N–H and O–H groups in total. The molecule has 1 saturated carbocycles. The van der Waals surface area contributed by atoms with Gasteiger partial charge in [-0.05, 0) is 48.9 Å². The molecule has 2 nitrogen and oxygen atoms in total. The molecule has 1 fully saturated rings. The number of nitrogens with one attached hydrogen (secondary N) is 1. The Morgan fingerprint density at radius 3 is 2.53 bits per heavy atom. The van der Waals surface area contributed by atoms with Crippen molar-refractivity contribution in [1.29, 1.82) is 0 Å². The largest absolute Gasteiger partial charge is 0.399 e. The zero-order valence-corrected chi connectivity index (χ0v) is 9.42. The topological polar surface area (TPSA) is 38.0 Å². The van der Waals surface area contributed by atoms with E-state index in [1.54, 1.807) is 0 Å². The van der Waals surface area contributed by atoms with Crippen LogP contribution in [-0.4, -0.2) is 13.1 Å². The van der Waals surface area contributed by atoms with Crippen molar-refractivity contribution in [3.8, 4) is 0 Å². The van der Waals surface area contributed by atoms with Crippen molar-refractivity contribution in [2.45, 2.75) is 26.2 Å². The molecular formula is C13H20N2. The lowest BCUT2D eigenvalue weighted by molar-refractivity contribution is 0.502. The van der Waals surface area contributed by atoms with E-state index in [1.165, 1.54) is 24.9 Å². The van der Waals surface area contributed by atoms with Crippen molar-refractivity contribution in [3.05, 3.63) is 29.8 Å². The third-order valence-corrected chi connectivity index (χ3v) is 3.23. The lowest BCUT2D eigenvalue weighted by Gasteiger charge is -2.09. The fraction of sp³-hybridized carbons (Fsp3) is 0.538. The van der Waals surface area contributed by atoms with Gasteiger partial charge in [-0.1, -0.05) is 19.1 Å². The summed E-state index contributed by atoms with van der Waals surface area (Å²) in [5, 5.41) is 3.52. The van der Waals surface area contributed by atoms with Crippen molar-refractivity contribution in [2.24, 2.45) is 5.41 Å². The maximum absolute atomic E-state index is 5.63. The van der Waals surface area contributed by atoms with Gasteiger partial charge in [0.25, 0.3) is 0 Å². The van der Waals surface area contributed by atoms with Crippen LogP contribution in [0.15, 0.2) is 24.3 Å². The van der Waals surface area contributed by atoms with Crippen LogP contribution >= 0.6 is 0 Å². The Kier molecular flexibility index (Phi) is 2.96. The van der Waals surface area contributed by atoms with E-state index in [0.29, 0.717) is 5.41 Å². The maximum atomic E-state index is 5.63. The van der Waals surface area contributed by atoms with E-state index in [4.69, 9.17) is 5.73 Å². The Morgan fingerprint density at radius 1 is 1.27 bits per heavy atom. The van der Waals surface area contributed by atoms with Crippen LogP contribution in [0.5, 0.6) is 0 Å². The molecule has 0 radical (unpaired) electrons. The van der Waals surface area contributed by atoms with Crippen LogP contribution in [0.25, 0.3) is 0 Å². The summed E-state index contributed by atoms with van der Waals surface area (Å²) in [6, 6.07) is 8.15. The second-order valence-electron chi connectivity index (χ2n) is 4.98. The molecule has 1 aliphatic rings. The Morgan fingerprint density at radius 2 is 1.93 bits per heavy atom. The maximum Gasteiger partial charge on any atom is 0.0314 e. The molecule has 15 heavy (non-hydrogen) atoms. The molecule has 0 aromatic heterocycles. The van der Waals surface area contributed by atoms with E-state index in [9.17, 15) is 0 Å². The second kappa shape index (κ2) is 4.23. The van der Waals surface area contributed by atoms with Crippen molar-refractivity contribution < 1.29 is 0 Å². The molecule has 0 saturated heterocycles. The molecule has 1 aromatic carbocycles. The number of rotatable bonds is 5. The van der Waals surface area contributed by atoms with Gasteiger partial charge in [0, 0.05) is 12.2 Å². The molecule has 0 unspecified atom stereocenters. The number of hydrogen-bond acceptors (Lipinski definition) is 2. The van der Waals surface area contributed by atoms with Crippen LogP contribution in [0.1, 0.15) is 25.3 Å². The van der Waals surface area contributed by atoms with Gasteiger partial charge in [0.15, 0.2) is 0 Å². The number of anilines is 1. The molecule has 0 aliphatic heterocycles. The van der Waals surface area contributed by atoms with Gasteiger partial charge in [0.2, 0.25) is 0 Å². The summed E-state index contributed by atoms with van der Waals surface area (Å²) in [5.74, 6) is 0. The summed E-state index contributed by atoms with van der Waals surface area (Å²) in [4.78, 5) is 0. The van der Waals surface area contributed by atoms with Crippen LogP contribution in [0.3, 0.4) is 0 Å². The van der Waals surface area contributed by atoms with Crippen LogP contribution < -0.4 is 11.1 Å². The monoisotopic (exact) mass is 204 g/mol. The van der Waals surface area contributed by atoms with Crippen molar-refractivity contribution in [1.82, 2.24) is 5.32 Å². The smallest absolute Gasteiger partial charge is 0.0314 e. The van der Waals surface area contributed by atoms with Gasteiger partial charge in [0.05, 0.1) is 0 Å². The quantitative estimate of drug-likeness (QED) is 0.570. The van der Waals surface area contributed by atoms with Crippen LogP contribution in [-0.2, 0) is 6.42 Å². The van der Waals surface area contributed by atoms with Gasteiger partial charge in [-0.2, -0.15) is 0 Å². The third kappa shape index (κ3) is 3.24. The highest BCUT2D eigenvalue weighted by Crippen LogP contribution is 2.43.